The lowest BCUT2D eigenvalue weighted by Crippen LogP contribution is -2.62. The van der Waals surface area contributed by atoms with Gasteiger partial charge in [0.25, 0.3) is 0 Å². The minimum Gasteiger partial charge on any atom is -0.353 e. The molecule has 0 saturated heterocycles. The van der Waals surface area contributed by atoms with Gasteiger partial charge in [-0.1, -0.05) is 44.2 Å². The van der Waals surface area contributed by atoms with E-state index in [0.29, 0.717) is 29.3 Å². The van der Waals surface area contributed by atoms with E-state index in [2.05, 4.69) is 43.1 Å². The maximum Gasteiger partial charge on any atom is 0.226 e. The summed E-state index contributed by atoms with van der Waals surface area (Å²) in [6.07, 6.45) is 22.1. The van der Waals surface area contributed by atoms with E-state index in [1.807, 2.05) is 6.92 Å². The van der Waals surface area contributed by atoms with Crippen LogP contribution in [0.5, 0.6) is 0 Å². The Bertz CT molecular complexity index is 731. The number of carbonyl (C=O) groups is 1. The monoisotopic (exact) mass is 410 g/mol. The van der Waals surface area contributed by atoms with Crippen LogP contribution in [0.2, 0.25) is 0 Å². The van der Waals surface area contributed by atoms with Crippen molar-refractivity contribution in [3.8, 4) is 0 Å². The van der Waals surface area contributed by atoms with Gasteiger partial charge in [0.05, 0.1) is 5.41 Å². The molecule has 5 rings (SSSR count). The molecule has 5 fully saturated rings. The van der Waals surface area contributed by atoms with Crippen molar-refractivity contribution < 1.29 is 4.79 Å². The Morgan fingerprint density at radius 3 is 2.47 bits per heavy atom. The summed E-state index contributed by atoms with van der Waals surface area (Å²) in [7, 11) is 0. The predicted octanol–water partition coefficient (Wildman–Crippen LogP) is 5.82. The van der Waals surface area contributed by atoms with Gasteiger partial charge in [-0.3, -0.25) is 4.79 Å². The number of hydrogen-bond acceptors (Lipinski definition) is 2. The average molecular weight is 411 g/mol. The maximum absolute atomic E-state index is 13.8. The van der Waals surface area contributed by atoms with Crippen molar-refractivity contribution >= 4 is 5.91 Å². The number of amides is 1. The number of hydrogen-bond donors (Lipinski definition) is 2. The van der Waals surface area contributed by atoms with Crippen molar-refractivity contribution in [2.24, 2.45) is 27.9 Å². The van der Waals surface area contributed by atoms with Crippen LogP contribution in [0, 0.1) is 22.2 Å². The molecule has 5 saturated carbocycles. The Balaban J connectivity index is 1.60. The summed E-state index contributed by atoms with van der Waals surface area (Å²) in [6, 6.07) is 0.641. The third kappa shape index (κ3) is 3.95. The van der Waals surface area contributed by atoms with E-state index < -0.39 is 0 Å². The topological polar surface area (TPSA) is 55.1 Å². The van der Waals surface area contributed by atoms with Crippen LogP contribution >= 0.6 is 0 Å². The van der Waals surface area contributed by atoms with Crippen molar-refractivity contribution in [1.29, 1.82) is 0 Å². The summed E-state index contributed by atoms with van der Waals surface area (Å²) < 4.78 is 0. The number of nitrogens with one attached hydrogen (secondary N) is 1. The average Bonchev–Trinajstić information content (AvgIpc) is 2.69. The van der Waals surface area contributed by atoms with Crippen LogP contribution in [0.25, 0.3) is 0 Å². The molecule has 5 aliphatic rings. The Morgan fingerprint density at radius 2 is 1.77 bits per heavy atom. The number of nitrogens with two attached hydrogens (primary N) is 1. The van der Waals surface area contributed by atoms with Crippen LogP contribution in [-0.4, -0.2) is 18.0 Å². The highest BCUT2D eigenvalue weighted by molar-refractivity contribution is 5.84. The van der Waals surface area contributed by atoms with Gasteiger partial charge >= 0.3 is 0 Å². The molecule has 4 atom stereocenters. The maximum atomic E-state index is 13.8. The Morgan fingerprint density at radius 1 is 1.07 bits per heavy atom. The lowest BCUT2D eigenvalue weighted by molar-refractivity contribution is -0.171. The summed E-state index contributed by atoms with van der Waals surface area (Å²) >= 11 is 0. The molecule has 0 aliphatic heterocycles. The van der Waals surface area contributed by atoms with Crippen LogP contribution < -0.4 is 11.1 Å². The van der Waals surface area contributed by atoms with E-state index in [1.165, 1.54) is 37.7 Å². The van der Waals surface area contributed by atoms with Crippen LogP contribution in [0.3, 0.4) is 0 Å². The van der Waals surface area contributed by atoms with Gasteiger partial charge in [-0.15, -0.1) is 0 Å². The normalized spacial score (nSPS) is 42.8. The smallest absolute Gasteiger partial charge is 0.226 e. The molecule has 0 aromatic rings. The van der Waals surface area contributed by atoms with E-state index in [0.717, 1.165) is 44.9 Å². The van der Waals surface area contributed by atoms with Crippen molar-refractivity contribution in [2.75, 3.05) is 0 Å². The van der Waals surface area contributed by atoms with Gasteiger partial charge in [0.1, 0.15) is 0 Å². The summed E-state index contributed by atoms with van der Waals surface area (Å²) in [5.41, 5.74) is 7.60. The molecule has 3 N–H and O–H groups in total. The van der Waals surface area contributed by atoms with Crippen LogP contribution in [0.4, 0.5) is 0 Å². The van der Waals surface area contributed by atoms with Gasteiger partial charge in [-0.25, -0.2) is 0 Å². The van der Waals surface area contributed by atoms with Crippen molar-refractivity contribution in [3.05, 3.63) is 36.5 Å². The fourth-order valence-corrected chi connectivity index (χ4v) is 8.12. The second-order valence-electron chi connectivity index (χ2n) is 11.3. The molecule has 0 aromatic heterocycles. The molecular weight excluding hydrogens is 368 g/mol. The van der Waals surface area contributed by atoms with E-state index in [1.54, 1.807) is 0 Å². The fourth-order valence-electron chi connectivity index (χ4n) is 8.12. The zero-order valence-electron chi connectivity index (χ0n) is 19.2. The molecule has 0 radical (unpaired) electrons. The summed E-state index contributed by atoms with van der Waals surface area (Å²) in [4.78, 5) is 13.8. The van der Waals surface area contributed by atoms with Gasteiger partial charge < -0.3 is 11.1 Å². The van der Waals surface area contributed by atoms with E-state index in [4.69, 9.17) is 5.73 Å². The molecule has 3 heteroatoms. The first-order valence-corrected chi connectivity index (χ1v) is 12.4. The molecule has 1 amide bonds. The van der Waals surface area contributed by atoms with Crippen LogP contribution in [0.1, 0.15) is 90.9 Å². The first kappa shape index (κ1) is 21.9. The minimum absolute atomic E-state index is 0.110. The summed E-state index contributed by atoms with van der Waals surface area (Å²) in [5.74, 6) is 1.02. The first-order valence-electron chi connectivity index (χ1n) is 12.4. The Hall–Kier alpha value is -1.35. The minimum atomic E-state index is -0.189. The molecule has 5 aliphatic carbocycles. The largest absolute Gasteiger partial charge is 0.353 e. The van der Waals surface area contributed by atoms with Gasteiger partial charge in [-0.2, -0.15) is 0 Å². The second kappa shape index (κ2) is 8.30. The van der Waals surface area contributed by atoms with Gasteiger partial charge in [0.2, 0.25) is 5.91 Å². The molecule has 4 bridgehead atoms. The van der Waals surface area contributed by atoms with E-state index >= 15 is 0 Å². The highest BCUT2D eigenvalue weighted by atomic mass is 16.2. The first-order chi connectivity index (χ1) is 14.3. The predicted molar refractivity (Wildman–Crippen MR) is 125 cm³/mol. The summed E-state index contributed by atoms with van der Waals surface area (Å²) in [6.45, 7) is 8.91. The van der Waals surface area contributed by atoms with Gasteiger partial charge in [0.15, 0.2) is 0 Å². The highest BCUT2D eigenvalue weighted by Crippen LogP contribution is 2.72. The van der Waals surface area contributed by atoms with Crippen molar-refractivity contribution in [2.45, 2.75) is 103 Å². The molecule has 0 heterocycles. The highest BCUT2D eigenvalue weighted by Gasteiger charge is 2.65. The molecular formula is C27H42N2O. The van der Waals surface area contributed by atoms with E-state index in [9.17, 15) is 4.79 Å². The molecule has 0 spiro atoms. The quantitative estimate of drug-likeness (QED) is 0.520. The van der Waals surface area contributed by atoms with Crippen molar-refractivity contribution in [1.82, 2.24) is 5.32 Å². The summed E-state index contributed by atoms with van der Waals surface area (Å²) in [5, 5.41) is 3.51. The van der Waals surface area contributed by atoms with E-state index in [-0.39, 0.29) is 10.8 Å². The lowest BCUT2D eigenvalue weighted by Gasteiger charge is -2.66. The number of carbonyl (C=O) groups excluding carboxylic acids is 1. The standard InChI is InChI=1S/C27H42N2O/c1-4-6-7-8-20(3)26-15-21-14-25(17-26,13-5-2)18-27(16-21,19-26)24(30)29-23-11-9-22(28)10-12-23/h4,6-8,21-23H,3,5,9-19,28H2,1-2H3,(H,29,30)/b6-4-,8-7-/t21?,22-,23-,25-,26-,27?/m1/s1. The van der Waals surface area contributed by atoms with Crippen LogP contribution in [0.15, 0.2) is 36.5 Å². The Labute approximate surface area is 183 Å². The SMILES string of the molecule is C=C(/C=C\C=C/C)[C@]12CC3CC(C(=O)N[C@H]4CC[C@H](N)CC4)(C[C@](CCC)(C3)C1)C2. The zero-order chi connectivity index (χ0) is 21.4. The molecule has 30 heavy (non-hydrogen) atoms. The second-order valence-corrected chi connectivity index (χ2v) is 11.3. The van der Waals surface area contributed by atoms with Gasteiger partial charge in [0, 0.05) is 12.1 Å². The lowest BCUT2D eigenvalue weighted by atomic mass is 9.37. The third-order valence-corrected chi connectivity index (χ3v) is 8.84. The van der Waals surface area contributed by atoms with Crippen molar-refractivity contribution in [3.63, 3.8) is 0 Å². The third-order valence-electron chi connectivity index (χ3n) is 8.84. The molecule has 166 valence electrons. The zero-order valence-corrected chi connectivity index (χ0v) is 19.2. The fraction of sp³-hybridized carbons (Fsp3) is 0.741. The number of allylic oxidation sites excluding steroid dienone is 5. The number of rotatable bonds is 7. The molecule has 3 nitrogen and oxygen atoms in total. The Kier molecular flexibility index (Phi) is 6.05. The van der Waals surface area contributed by atoms with Crippen LogP contribution in [-0.2, 0) is 4.79 Å². The van der Waals surface area contributed by atoms with Gasteiger partial charge in [-0.05, 0) is 99.9 Å². The molecule has 0 aromatic carbocycles. The molecule has 2 unspecified atom stereocenters.